The van der Waals surface area contributed by atoms with Gasteiger partial charge in [0.1, 0.15) is 5.75 Å². The third-order valence-electron chi connectivity index (χ3n) is 4.98. The summed E-state index contributed by atoms with van der Waals surface area (Å²) in [4.78, 5) is 16.8. The second-order valence-electron chi connectivity index (χ2n) is 6.54. The summed E-state index contributed by atoms with van der Waals surface area (Å²) in [5, 5.41) is 0.689. The zero-order valence-electron chi connectivity index (χ0n) is 16.0. The molecule has 1 saturated heterocycles. The van der Waals surface area contributed by atoms with E-state index in [1.807, 2.05) is 29.2 Å². The fraction of sp³-hybridized carbons (Fsp3) is 0.318. The van der Waals surface area contributed by atoms with E-state index in [0.717, 1.165) is 43.9 Å². The number of ether oxygens (including phenoxy) is 1. The normalized spacial score (nSPS) is 15.2. The number of carbonyl (C=O) groups excluding carboxylic acids is 1. The van der Waals surface area contributed by atoms with Crippen molar-refractivity contribution in [3.8, 4) is 16.9 Å². The third kappa shape index (κ3) is 4.52. The maximum Gasteiger partial charge on any atom is 0.246 e. The van der Waals surface area contributed by atoms with E-state index in [9.17, 15) is 4.79 Å². The summed E-state index contributed by atoms with van der Waals surface area (Å²) in [5.74, 6) is 0.688. The lowest BCUT2D eigenvalue weighted by Crippen LogP contribution is -2.48. The smallest absolute Gasteiger partial charge is 0.246 e. The lowest BCUT2D eigenvalue weighted by atomic mass is 9.98. The number of halogens is 2. The molecule has 0 bridgehead atoms. The topological polar surface area (TPSA) is 32.8 Å². The van der Waals surface area contributed by atoms with Gasteiger partial charge in [-0.3, -0.25) is 4.79 Å². The van der Waals surface area contributed by atoms with Crippen molar-refractivity contribution in [2.45, 2.75) is 6.92 Å². The number of nitrogens with zero attached hydrogens (tertiary/aromatic N) is 2. The number of para-hydroxylation sites is 1. The predicted octanol–water partition coefficient (Wildman–Crippen LogP) is 4.65. The van der Waals surface area contributed by atoms with Crippen LogP contribution < -0.4 is 4.74 Å². The first-order valence-electron chi connectivity index (χ1n) is 9.27. The number of benzene rings is 2. The van der Waals surface area contributed by atoms with E-state index in [0.29, 0.717) is 21.4 Å². The fourth-order valence-electron chi connectivity index (χ4n) is 3.31. The van der Waals surface area contributed by atoms with Gasteiger partial charge in [0, 0.05) is 49.4 Å². The van der Waals surface area contributed by atoms with Crippen LogP contribution in [0.3, 0.4) is 0 Å². The van der Waals surface area contributed by atoms with Crippen LogP contribution in [0.25, 0.3) is 17.2 Å². The first-order chi connectivity index (χ1) is 13.5. The molecule has 2 aromatic rings. The lowest BCUT2D eigenvalue weighted by Gasteiger charge is -2.33. The molecule has 0 aliphatic carbocycles. The molecule has 1 aliphatic heterocycles. The highest BCUT2D eigenvalue weighted by Crippen LogP contribution is 2.38. The van der Waals surface area contributed by atoms with Gasteiger partial charge in [-0.15, -0.1) is 0 Å². The maximum atomic E-state index is 12.6. The molecule has 1 radical (unpaired) electrons. The Bertz CT molecular complexity index is 875. The van der Waals surface area contributed by atoms with Crippen LogP contribution in [0.2, 0.25) is 10.0 Å². The van der Waals surface area contributed by atoms with Gasteiger partial charge in [-0.05, 0) is 30.3 Å². The van der Waals surface area contributed by atoms with Crippen molar-refractivity contribution in [3.63, 3.8) is 0 Å². The molecule has 0 unspecified atom stereocenters. The van der Waals surface area contributed by atoms with E-state index in [2.05, 4.69) is 17.9 Å². The van der Waals surface area contributed by atoms with Crippen molar-refractivity contribution in [1.82, 2.24) is 9.80 Å². The molecule has 6 heteroatoms. The first-order valence-corrected chi connectivity index (χ1v) is 10.0. The average Bonchev–Trinajstić information content (AvgIpc) is 2.74. The molecule has 0 saturated carbocycles. The Hall–Kier alpha value is -2.01. The van der Waals surface area contributed by atoms with Gasteiger partial charge < -0.3 is 14.5 Å². The number of methoxy groups -OCH3 is 1. The highest BCUT2D eigenvalue weighted by molar-refractivity contribution is 6.43. The Morgan fingerprint density at radius 2 is 1.89 bits per heavy atom. The average molecular weight is 418 g/mol. The Kier molecular flexibility index (Phi) is 7.00. The predicted molar refractivity (Wildman–Crippen MR) is 115 cm³/mol. The van der Waals surface area contributed by atoms with Gasteiger partial charge in [0.25, 0.3) is 0 Å². The van der Waals surface area contributed by atoms with Gasteiger partial charge in [-0.25, -0.2) is 0 Å². The molecule has 3 rings (SSSR count). The molecule has 0 atom stereocenters. The van der Waals surface area contributed by atoms with E-state index < -0.39 is 0 Å². The Labute approximate surface area is 176 Å². The summed E-state index contributed by atoms with van der Waals surface area (Å²) in [7, 11) is 1.62. The lowest BCUT2D eigenvalue weighted by molar-refractivity contribution is -0.127. The maximum absolute atomic E-state index is 12.6. The van der Waals surface area contributed by atoms with Crippen molar-refractivity contribution in [3.05, 3.63) is 58.1 Å². The molecule has 1 aliphatic rings. The quantitative estimate of drug-likeness (QED) is 0.663. The third-order valence-corrected chi connectivity index (χ3v) is 5.77. The second-order valence-corrected chi connectivity index (χ2v) is 7.29. The molecule has 147 valence electrons. The Balaban J connectivity index is 1.90. The molecule has 1 heterocycles. The summed E-state index contributed by atoms with van der Waals surface area (Å²) in [6.45, 7) is 6.40. The van der Waals surface area contributed by atoms with Gasteiger partial charge in [0.05, 0.1) is 17.2 Å². The first kappa shape index (κ1) is 20.7. The number of piperazine rings is 1. The van der Waals surface area contributed by atoms with Crippen molar-refractivity contribution < 1.29 is 9.53 Å². The van der Waals surface area contributed by atoms with E-state index in [1.54, 1.807) is 25.3 Å². The van der Waals surface area contributed by atoms with Crippen molar-refractivity contribution in [2.75, 3.05) is 39.8 Å². The summed E-state index contributed by atoms with van der Waals surface area (Å²) in [6.07, 6.45) is 3.30. The van der Waals surface area contributed by atoms with Crippen molar-refractivity contribution >= 4 is 35.2 Å². The molecule has 1 amide bonds. The molecule has 28 heavy (non-hydrogen) atoms. The zero-order chi connectivity index (χ0) is 20.1. The van der Waals surface area contributed by atoms with E-state index in [-0.39, 0.29) is 5.91 Å². The van der Waals surface area contributed by atoms with Crippen LogP contribution in [-0.2, 0) is 4.79 Å². The summed E-state index contributed by atoms with van der Waals surface area (Å²) >= 11 is 12.7. The van der Waals surface area contributed by atoms with Crippen LogP contribution >= 0.6 is 23.2 Å². The van der Waals surface area contributed by atoms with Gasteiger partial charge in [0.2, 0.25) is 5.91 Å². The molecule has 1 fully saturated rings. The minimum Gasteiger partial charge on any atom is -0.496 e. The molecular formula is C22H23Cl2N2O2. The minimum absolute atomic E-state index is 0.0262. The van der Waals surface area contributed by atoms with Gasteiger partial charge >= 0.3 is 0 Å². The standard InChI is InChI=1S/C22H23Cl2N2O2/c1-3-25-12-14-26(15-13-25)21(27)11-9-18-16(8-10-19(23)22(18)24)17-6-4-5-7-20(17)28-2/h4-9,11H,3,12-15H2,1-2H3/b11-9+. The van der Waals surface area contributed by atoms with Gasteiger partial charge in [-0.1, -0.05) is 48.3 Å². The molecule has 0 spiro atoms. The SMILES string of the molecule is CCN1CCN(C(=O)/C=C/c2c(-c3ccccc3OC)c[c]c(Cl)c2Cl)CC1. The Morgan fingerprint density at radius 1 is 1.18 bits per heavy atom. The number of likely N-dealkylation sites (N-methyl/N-ethyl adjacent to an activating group) is 1. The van der Waals surface area contributed by atoms with E-state index >= 15 is 0 Å². The van der Waals surface area contributed by atoms with Gasteiger partial charge in [-0.2, -0.15) is 0 Å². The van der Waals surface area contributed by atoms with Gasteiger partial charge in [0.15, 0.2) is 0 Å². The second kappa shape index (κ2) is 9.46. The zero-order valence-corrected chi connectivity index (χ0v) is 17.6. The summed E-state index contributed by atoms with van der Waals surface area (Å²) in [5.41, 5.74) is 2.35. The highest BCUT2D eigenvalue weighted by Gasteiger charge is 2.19. The van der Waals surface area contributed by atoms with E-state index in [1.165, 1.54) is 0 Å². The van der Waals surface area contributed by atoms with E-state index in [4.69, 9.17) is 27.9 Å². The summed E-state index contributed by atoms with van der Waals surface area (Å²) in [6, 6.07) is 12.4. The Morgan fingerprint density at radius 3 is 2.57 bits per heavy atom. The van der Waals surface area contributed by atoms with Crippen LogP contribution in [0.1, 0.15) is 12.5 Å². The number of hydrogen-bond donors (Lipinski definition) is 0. The monoisotopic (exact) mass is 417 g/mol. The summed E-state index contributed by atoms with van der Waals surface area (Å²) < 4.78 is 5.47. The van der Waals surface area contributed by atoms with Crippen LogP contribution in [-0.4, -0.2) is 55.5 Å². The van der Waals surface area contributed by atoms with Crippen molar-refractivity contribution in [2.24, 2.45) is 0 Å². The highest BCUT2D eigenvalue weighted by atomic mass is 35.5. The fourth-order valence-corrected chi connectivity index (χ4v) is 3.69. The number of carbonyl (C=O) groups is 1. The van der Waals surface area contributed by atoms with Crippen molar-refractivity contribution in [1.29, 1.82) is 0 Å². The van der Waals surface area contributed by atoms with Crippen LogP contribution in [0.15, 0.2) is 36.4 Å². The number of hydrogen-bond acceptors (Lipinski definition) is 3. The molecular weight excluding hydrogens is 395 g/mol. The number of rotatable bonds is 5. The van der Waals surface area contributed by atoms with Crippen LogP contribution in [0.4, 0.5) is 0 Å². The molecule has 4 nitrogen and oxygen atoms in total. The van der Waals surface area contributed by atoms with Crippen LogP contribution in [0.5, 0.6) is 5.75 Å². The molecule has 0 N–H and O–H groups in total. The molecule has 2 aromatic carbocycles. The van der Waals surface area contributed by atoms with Crippen LogP contribution in [0, 0.1) is 6.07 Å². The largest absolute Gasteiger partial charge is 0.496 e. The molecule has 0 aromatic heterocycles. The minimum atomic E-state index is -0.0262. The number of amides is 1.